The number of benzene rings is 1. The van der Waals surface area contributed by atoms with Gasteiger partial charge in [-0.05, 0) is 6.92 Å². The van der Waals surface area contributed by atoms with E-state index in [1.807, 2.05) is 12.3 Å². The topological polar surface area (TPSA) is 62.3 Å². The Morgan fingerprint density at radius 3 is 2.65 bits per heavy atom. The van der Waals surface area contributed by atoms with Crippen molar-refractivity contribution in [3.63, 3.8) is 0 Å². The Balaban J connectivity index is 1.59. The molecule has 26 heavy (non-hydrogen) atoms. The highest BCUT2D eigenvalue weighted by atomic mass is 32.1. The predicted molar refractivity (Wildman–Crippen MR) is 90.3 cm³/mol. The van der Waals surface area contributed by atoms with Crippen LogP contribution < -0.4 is 10.2 Å². The Morgan fingerprint density at radius 2 is 2.04 bits per heavy atom. The van der Waals surface area contributed by atoms with Crippen LogP contribution in [0, 0.1) is 30.3 Å². The quantitative estimate of drug-likeness (QED) is 0.808. The van der Waals surface area contributed by atoms with E-state index in [1.54, 1.807) is 0 Å². The minimum absolute atomic E-state index is 0.00839. The monoisotopic (exact) mass is 383 g/mol. The second-order valence-corrected chi connectivity index (χ2v) is 7.00. The van der Waals surface area contributed by atoms with Crippen LogP contribution in [0.3, 0.4) is 0 Å². The molecule has 0 radical (unpaired) electrons. The number of thiazole rings is 1. The molecular formula is C17H16F3N3O2S. The zero-order valence-corrected chi connectivity index (χ0v) is 14.7. The maximum Gasteiger partial charge on any atom is 0.227 e. The molecular weight excluding hydrogens is 367 g/mol. The molecule has 9 heteroatoms. The van der Waals surface area contributed by atoms with E-state index < -0.39 is 29.3 Å². The van der Waals surface area contributed by atoms with Gasteiger partial charge in [-0.1, -0.05) is 0 Å². The molecule has 1 atom stereocenters. The zero-order valence-electron chi connectivity index (χ0n) is 13.9. The number of nitrogens with one attached hydrogen (secondary N) is 1. The Morgan fingerprint density at radius 1 is 1.35 bits per heavy atom. The fourth-order valence-electron chi connectivity index (χ4n) is 2.79. The summed E-state index contributed by atoms with van der Waals surface area (Å²) >= 11 is 1.51. The first-order chi connectivity index (χ1) is 12.3. The molecule has 1 aliphatic rings. The standard InChI is InChI=1S/C17H16F3N3O2S/c1-9-8-26-14(22-9)2-3-21-17(25)10-4-15(24)23(7-10)11-5-12(18)16(20)13(19)6-11/h5-6,8,10H,2-4,7H2,1H3,(H,21,25)/t10-/m0/s1. The molecule has 2 heterocycles. The maximum absolute atomic E-state index is 13.4. The molecule has 0 saturated carbocycles. The molecule has 1 N–H and O–H groups in total. The second-order valence-electron chi connectivity index (χ2n) is 6.05. The van der Waals surface area contributed by atoms with Crippen molar-refractivity contribution >= 4 is 28.8 Å². The Bertz CT molecular complexity index is 833. The first kappa shape index (κ1) is 18.4. The molecule has 138 valence electrons. The van der Waals surface area contributed by atoms with Gasteiger partial charge in [0.2, 0.25) is 11.8 Å². The summed E-state index contributed by atoms with van der Waals surface area (Å²) in [5.74, 6) is -5.72. The first-order valence-corrected chi connectivity index (χ1v) is 8.86. The smallest absolute Gasteiger partial charge is 0.227 e. The highest BCUT2D eigenvalue weighted by Crippen LogP contribution is 2.28. The van der Waals surface area contributed by atoms with E-state index in [9.17, 15) is 22.8 Å². The van der Waals surface area contributed by atoms with E-state index >= 15 is 0 Å². The molecule has 1 aromatic carbocycles. The van der Waals surface area contributed by atoms with Gasteiger partial charge in [0.1, 0.15) is 0 Å². The lowest BCUT2D eigenvalue weighted by molar-refractivity contribution is -0.126. The van der Waals surface area contributed by atoms with Gasteiger partial charge >= 0.3 is 0 Å². The highest BCUT2D eigenvalue weighted by molar-refractivity contribution is 7.09. The van der Waals surface area contributed by atoms with Crippen molar-refractivity contribution in [3.8, 4) is 0 Å². The van der Waals surface area contributed by atoms with Crippen molar-refractivity contribution in [1.82, 2.24) is 10.3 Å². The fraction of sp³-hybridized carbons (Fsp3) is 0.353. The van der Waals surface area contributed by atoms with Gasteiger partial charge in [0, 0.05) is 54.8 Å². The van der Waals surface area contributed by atoms with Crippen LogP contribution in [0.15, 0.2) is 17.5 Å². The Labute approximate surface area is 151 Å². The third kappa shape index (κ3) is 3.87. The molecule has 0 bridgehead atoms. The number of amides is 2. The second kappa shape index (κ2) is 7.45. The molecule has 1 fully saturated rings. The van der Waals surface area contributed by atoms with Gasteiger partial charge in [0.05, 0.1) is 10.9 Å². The minimum Gasteiger partial charge on any atom is -0.355 e. The average molecular weight is 383 g/mol. The predicted octanol–water partition coefficient (Wildman–Crippen LogP) is 2.58. The van der Waals surface area contributed by atoms with Crippen LogP contribution in [0.2, 0.25) is 0 Å². The summed E-state index contributed by atoms with van der Waals surface area (Å²) in [6.45, 7) is 2.26. The van der Waals surface area contributed by atoms with Crippen molar-refractivity contribution in [2.45, 2.75) is 19.8 Å². The van der Waals surface area contributed by atoms with Crippen LogP contribution in [0.1, 0.15) is 17.1 Å². The summed E-state index contributed by atoms with van der Waals surface area (Å²) in [7, 11) is 0. The van der Waals surface area contributed by atoms with E-state index in [1.165, 1.54) is 11.3 Å². The van der Waals surface area contributed by atoms with Gasteiger partial charge in [-0.2, -0.15) is 0 Å². The van der Waals surface area contributed by atoms with Crippen LogP contribution in [0.5, 0.6) is 0 Å². The zero-order chi connectivity index (χ0) is 18.8. The van der Waals surface area contributed by atoms with Gasteiger partial charge in [0.25, 0.3) is 0 Å². The normalized spacial score (nSPS) is 17.0. The van der Waals surface area contributed by atoms with Crippen LogP contribution in [-0.4, -0.2) is 29.9 Å². The summed E-state index contributed by atoms with van der Waals surface area (Å²) in [6.07, 6.45) is 0.520. The van der Waals surface area contributed by atoms with Crippen molar-refractivity contribution in [2.24, 2.45) is 5.92 Å². The molecule has 3 rings (SSSR count). The third-order valence-electron chi connectivity index (χ3n) is 4.08. The van der Waals surface area contributed by atoms with Crippen molar-refractivity contribution in [3.05, 3.63) is 45.7 Å². The number of nitrogens with zero attached hydrogens (tertiary/aromatic N) is 2. The van der Waals surface area contributed by atoms with Crippen LogP contribution in [0.4, 0.5) is 18.9 Å². The molecule has 5 nitrogen and oxygen atoms in total. The number of carbonyl (C=O) groups excluding carboxylic acids is 2. The molecule has 0 unspecified atom stereocenters. The number of aromatic nitrogens is 1. The molecule has 2 amide bonds. The SMILES string of the molecule is Cc1csc(CCNC(=O)[C@H]2CC(=O)N(c3cc(F)c(F)c(F)c3)C2)n1. The number of rotatable bonds is 5. The van der Waals surface area contributed by atoms with Crippen LogP contribution >= 0.6 is 11.3 Å². The lowest BCUT2D eigenvalue weighted by Gasteiger charge is -2.17. The summed E-state index contributed by atoms with van der Waals surface area (Å²) in [5.41, 5.74) is 0.826. The summed E-state index contributed by atoms with van der Waals surface area (Å²) in [5, 5.41) is 5.58. The van der Waals surface area contributed by atoms with E-state index in [-0.39, 0.29) is 24.6 Å². The minimum atomic E-state index is -1.59. The lowest BCUT2D eigenvalue weighted by Crippen LogP contribution is -2.34. The number of aryl methyl sites for hydroxylation is 1. The summed E-state index contributed by atoms with van der Waals surface area (Å²) in [6, 6.07) is 1.50. The van der Waals surface area contributed by atoms with Gasteiger partial charge in [-0.15, -0.1) is 11.3 Å². The summed E-state index contributed by atoms with van der Waals surface area (Å²) < 4.78 is 39.8. The fourth-order valence-corrected chi connectivity index (χ4v) is 3.56. The Hall–Kier alpha value is -2.42. The van der Waals surface area contributed by atoms with E-state index in [4.69, 9.17) is 0 Å². The van der Waals surface area contributed by atoms with Gasteiger partial charge < -0.3 is 10.2 Å². The molecule has 0 aliphatic carbocycles. The lowest BCUT2D eigenvalue weighted by atomic mass is 10.1. The first-order valence-electron chi connectivity index (χ1n) is 7.98. The van der Waals surface area contributed by atoms with Crippen molar-refractivity contribution in [1.29, 1.82) is 0 Å². The van der Waals surface area contributed by atoms with Gasteiger partial charge in [-0.25, -0.2) is 18.2 Å². The molecule has 1 aliphatic heterocycles. The maximum atomic E-state index is 13.4. The average Bonchev–Trinajstić information content (AvgIpc) is 3.18. The molecule has 0 spiro atoms. The summed E-state index contributed by atoms with van der Waals surface area (Å²) in [4.78, 5) is 29.7. The third-order valence-corrected chi connectivity index (χ3v) is 5.11. The van der Waals surface area contributed by atoms with E-state index in [0.29, 0.717) is 13.0 Å². The van der Waals surface area contributed by atoms with Crippen LogP contribution in [0.25, 0.3) is 0 Å². The number of halogens is 3. The molecule has 1 aromatic heterocycles. The highest BCUT2D eigenvalue weighted by Gasteiger charge is 2.35. The molecule has 2 aromatic rings. The number of carbonyl (C=O) groups is 2. The largest absolute Gasteiger partial charge is 0.355 e. The number of hydrogen-bond donors (Lipinski definition) is 1. The van der Waals surface area contributed by atoms with Gasteiger partial charge in [0.15, 0.2) is 17.5 Å². The number of hydrogen-bond acceptors (Lipinski definition) is 4. The van der Waals surface area contributed by atoms with Gasteiger partial charge in [-0.3, -0.25) is 9.59 Å². The van der Waals surface area contributed by atoms with E-state index in [2.05, 4.69) is 10.3 Å². The van der Waals surface area contributed by atoms with Crippen LogP contribution in [-0.2, 0) is 16.0 Å². The van der Waals surface area contributed by atoms with E-state index in [0.717, 1.165) is 27.7 Å². The molecule has 1 saturated heterocycles. The van der Waals surface area contributed by atoms with Crippen molar-refractivity contribution < 1.29 is 22.8 Å². The Kier molecular flexibility index (Phi) is 5.26. The number of anilines is 1. The van der Waals surface area contributed by atoms with Crippen molar-refractivity contribution in [2.75, 3.05) is 18.0 Å².